The lowest BCUT2D eigenvalue weighted by Gasteiger charge is -2.29. The number of likely N-dealkylation sites (tertiary alicyclic amines) is 1. The maximum atomic E-state index is 12.1. The number of carbonyl (C=O) groups excluding carboxylic acids is 1. The first kappa shape index (κ1) is 13.8. The molecule has 1 rings (SSSR count). The van der Waals surface area contributed by atoms with Crippen LogP contribution in [-0.4, -0.2) is 42.4 Å². The van der Waals surface area contributed by atoms with Gasteiger partial charge in [-0.15, -0.1) is 0 Å². The molecule has 1 aliphatic heterocycles. The van der Waals surface area contributed by atoms with Gasteiger partial charge in [0, 0.05) is 19.6 Å². The van der Waals surface area contributed by atoms with Crippen LogP contribution in [0.2, 0.25) is 0 Å². The largest absolute Gasteiger partial charge is 0.370 e. The van der Waals surface area contributed by atoms with Gasteiger partial charge in [-0.2, -0.15) is 0 Å². The van der Waals surface area contributed by atoms with Crippen molar-refractivity contribution in [3.63, 3.8) is 0 Å². The van der Waals surface area contributed by atoms with Crippen molar-refractivity contribution in [3.05, 3.63) is 0 Å². The first-order valence-corrected chi connectivity index (χ1v) is 6.50. The molecule has 1 saturated heterocycles. The molecule has 98 valence electrons. The number of amides is 1. The summed E-state index contributed by atoms with van der Waals surface area (Å²) < 4.78 is 0. The summed E-state index contributed by atoms with van der Waals surface area (Å²) in [5.41, 5.74) is 5.70. The van der Waals surface area contributed by atoms with E-state index in [0.717, 1.165) is 32.4 Å². The number of carbonyl (C=O) groups is 1. The monoisotopic (exact) mass is 240 g/mol. The second-order valence-corrected chi connectivity index (χ2v) is 4.52. The number of piperidine rings is 1. The third-order valence-electron chi connectivity index (χ3n) is 2.91. The normalized spacial score (nSPS) is 18.9. The van der Waals surface area contributed by atoms with Crippen LogP contribution in [0.5, 0.6) is 0 Å². The van der Waals surface area contributed by atoms with Gasteiger partial charge in [-0.05, 0) is 32.6 Å². The third-order valence-corrected chi connectivity index (χ3v) is 2.91. The third kappa shape index (κ3) is 4.63. The Kier molecular flexibility index (Phi) is 5.80. The summed E-state index contributed by atoms with van der Waals surface area (Å²) in [6, 6.07) is -0.284. The summed E-state index contributed by atoms with van der Waals surface area (Å²) in [5, 5.41) is 2.95. The summed E-state index contributed by atoms with van der Waals surface area (Å²) in [4.78, 5) is 18.1. The molecule has 17 heavy (non-hydrogen) atoms. The molecule has 1 amide bonds. The Hall–Kier alpha value is -1.26. The molecular weight excluding hydrogens is 216 g/mol. The van der Waals surface area contributed by atoms with E-state index >= 15 is 0 Å². The second-order valence-electron chi connectivity index (χ2n) is 4.52. The van der Waals surface area contributed by atoms with Crippen molar-refractivity contribution >= 4 is 11.9 Å². The predicted molar refractivity (Wildman–Crippen MR) is 69.8 cm³/mol. The van der Waals surface area contributed by atoms with E-state index in [4.69, 9.17) is 5.73 Å². The Morgan fingerprint density at radius 1 is 1.41 bits per heavy atom. The maximum absolute atomic E-state index is 12.1. The van der Waals surface area contributed by atoms with E-state index in [1.807, 2.05) is 18.7 Å². The van der Waals surface area contributed by atoms with Crippen LogP contribution in [0.25, 0.3) is 0 Å². The number of nitrogens with one attached hydrogen (secondary N) is 1. The summed E-state index contributed by atoms with van der Waals surface area (Å²) in [5.74, 6) is 0.490. The highest BCUT2D eigenvalue weighted by Crippen LogP contribution is 2.09. The Morgan fingerprint density at radius 2 is 2.06 bits per heavy atom. The molecule has 0 aromatic heterocycles. The zero-order valence-corrected chi connectivity index (χ0v) is 10.9. The van der Waals surface area contributed by atoms with Crippen LogP contribution in [0.3, 0.4) is 0 Å². The molecule has 0 saturated carbocycles. The minimum Gasteiger partial charge on any atom is -0.370 e. The van der Waals surface area contributed by atoms with Crippen molar-refractivity contribution in [2.45, 2.75) is 45.6 Å². The van der Waals surface area contributed by atoms with E-state index in [1.165, 1.54) is 6.42 Å². The van der Waals surface area contributed by atoms with Crippen LogP contribution in [-0.2, 0) is 4.79 Å². The zero-order chi connectivity index (χ0) is 12.7. The highest BCUT2D eigenvalue weighted by Gasteiger charge is 2.22. The van der Waals surface area contributed by atoms with E-state index in [9.17, 15) is 4.79 Å². The van der Waals surface area contributed by atoms with Crippen LogP contribution in [0, 0.1) is 0 Å². The molecule has 0 aromatic carbocycles. The average Bonchev–Trinajstić information content (AvgIpc) is 2.36. The lowest BCUT2D eigenvalue weighted by molar-refractivity contribution is -0.133. The van der Waals surface area contributed by atoms with Gasteiger partial charge in [0.1, 0.15) is 6.04 Å². The number of hydrogen-bond donors (Lipinski definition) is 2. The van der Waals surface area contributed by atoms with Crippen molar-refractivity contribution < 1.29 is 4.79 Å². The Balaban J connectivity index is 2.40. The topological polar surface area (TPSA) is 70.7 Å². The van der Waals surface area contributed by atoms with Crippen LogP contribution in [0.4, 0.5) is 0 Å². The van der Waals surface area contributed by atoms with Gasteiger partial charge in [0.15, 0.2) is 5.96 Å². The molecule has 1 aliphatic rings. The minimum absolute atomic E-state index is 0.124. The molecule has 0 spiro atoms. The summed E-state index contributed by atoms with van der Waals surface area (Å²) in [7, 11) is 0. The zero-order valence-electron chi connectivity index (χ0n) is 10.9. The number of aliphatic imine (C=N–C) groups is 1. The molecule has 5 nitrogen and oxygen atoms in total. The van der Waals surface area contributed by atoms with Crippen LogP contribution in [0.15, 0.2) is 4.99 Å². The number of nitrogens with two attached hydrogens (primary N) is 1. The fourth-order valence-electron chi connectivity index (χ4n) is 1.95. The molecule has 3 N–H and O–H groups in total. The average molecular weight is 240 g/mol. The molecule has 0 bridgehead atoms. The van der Waals surface area contributed by atoms with Crippen molar-refractivity contribution in [1.82, 2.24) is 10.2 Å². The quantitative estimate of drug-likeness (QED) is 0.561. The van der Waals surface area contributed by atoms with E-state index in [1.54, 1.807) is 0 Å². The molecule has 0 aromatic rings. The molecular formula is C12H24N4O. The Morgan fingerprint density at radius 3 is 2.65 bits per heavy atom. The number of rotatable bonds is 4. The SMILES string of the molecule is CCCN=C(N)NC(C)C(=O)N1CCCCC1. The van der Waals surface area contributed by atoms with E-state index in [-0.39, 0.29) is 11.9 Å². The van der Waals surface area contributed by atoms with Gasteiger partial charge in [0.05, 0.1) is 0 Å². The Labute approximate surface area is 103 Å². The Bertz CT molecular complexity index is 272. The molecule has 1 atom stereocenters. The van der Waals surface area contributed by atoms with Gasteiger partial charge >= 0.3 is 0 Å². The van der Waals surface area contributed by atoms with E-state index < -0.39 is 0 Å². The molecule has 1 fully saturated rings. The van der Waals surface area contributed by atoms with E-state index in [0.29, 0.717) is 12.5 Å². The molecule has 1 heterocycles. The van der Waals surface area contributed by atoms with Crippen LogP contribution in [0.1, 0.15) is 39.5 Å². The first-order valence-electron chi connectivity index (χ1n) is 6.50. The molecule has 0 aliphatic carbocycles. The lowest BCUT2D eigenvalue weighted by Crippen LogP contribution is -2.50. The van der Waals surface area contributed by atoms with Crippen molar-refractivity contribution in [2.75, 3.05) is 19.6 Å². The number of guanidine groups is 1. The van der Waals surface area contributed by atoms with Crippen LogP contribution >= 0.6 is 0 Å². The lowest BCUT2D eigenvalue weighted by atomic mass is 10.1. The number of hydrogen-bond acceptors (Lipinski definition) is 2. The van der Waals surface area contributed by atoms with Gasteiger partial charge in [-0.3, -0.25) is 9.79 Å². The fourth-order valence-corrected chi connectivity index (χ4v) is 1.95. The fraction of sp³-hybridized carbons (Fsp3) is 0.833. The smallest absolute Gasteiger partial charge is 0.244 e. The van der Waals surface area contributed by atoms with Crippen LogP contribution < -0.4 is 11.1 Å². The van der Waals surface area contributed by atoms with Crippen molar-refractivity contribution in [2.24, 2.45) is 10.7 Å². The van der Waals surface area contributed by atoms with Gasteiger partial charge in [-0.1, -0.05) is 6.92 Å². The highest BCUT2D eigenvalue weighted by molar-refractivity contribution is 5.88. The molecule has 5 heteroatoms. The number of nitrogens with zero attached hydrogens (tertiary/aromatic N) is 2. The van der Waals surface area contributed by atoms with Gasteiger partial charge < -0.3 is 16.0 Å². The van der Waals surface area contributed by atoms with Gasteiger partial charge in [0.2, 0.25) is 5.91 Å². The minimum atomic E-state index is -0.284. The highest BCUT2D eigenvalue weighted by atomic mass is 16.2. The summed E-state index contributed by atoms with van der Waals surface area (Å²) in [6.45, 7) is 6.32. The first-order chi connectivity index (χ1) is 8.15. The van der Waals surface area contributed by atoms with E-state index in [2.05, 4.69) is 10.3 Å². The van der Waals surface area contributed by atoms with Crippen molar-refractivity contribution in [3.8, 4) is 0 Å². The predicted octanol–water partition coefficient (Wildman–Crippen LogP) is 0.702. The second kappa shape index (κ2) is 7.14. The maximum Gasteiger partial charge on any atom is 0.244 e. The molecule has 1 unspecified atom stereocenters. The summed E-state index contributed by atoms with van der Waals surface area (Å²) in [6.07, 6.45) is 4.40. The summed E-state index contributed by atoms with van der Waals surface area (Å²) >= 11 is 0. The van der Waals surface area contributed by atoms with Crippen molar-refractivity contribution in [1.29, 1.82) is 0 Å². The van der Waals surface area contributed by atoms with Gasteiger partial charge in [0.25, 0.3) is 0 Å². The van der Waals surface area contributed by atoms with Gasteiger partial charge in [-0.25, -0.2) is 0 Å². The standard InChI is InChI=1S/C12H24N4O/c1-3-7-14-12(13)15-10(2)11(17)16-8-5-4-6-9-16/h10H,3-9H2,1-2H3,(H3,13,14,15). The molecule has 0 radical (unpaired) electrons.